The molecule has 0 aliphatic carbocycles. The molecule has 1 aliphatic heterocycles. The molecule has 0 amide bonds. The monoisotopic (exact) mass is 306 g/mol. The lowest BCUT2D eigenvalue weighted by atomic mass is 10.00. The van der Waals surface area contributed by atoms with Crippen LogP contribution in [0.4, 0.5) is 5.69 Å². The summed E-state index contributed by atoms with van der Waals surface area (Å²) in [5.41, 5.74) is 3.74. The van der Waals surface area contributed by atoms with Gasteiger partial charge in [0.05, 0.1) is 22.9 Å². The van der Waals surface area contributed by atoms with Gasteiger partial charge in [-0.1, -0.05) is 30.3 Å². The smallest absolute Gasteiger partial charge is 0.340 e. The van der Waals surface area contributed by atoms with Gasteiger partial charge in [0.25, 0.3) is 0 Å². The Morgan fingerprint density at radius 3 is 2.83 bits per heavy atom. The van der Waals surface area contributed by atoms with Gasteiger partial charge in [0.2, 0.25) is 0 Å². The molecule has 0 saturated heterocycles. The first kappa shape index (κ1) is 15.1. The zero-order valence-corrected chi connectivity index (χ0v) is 12.8. The number of ether oxygens (including phenoxy) is 1. The second-order valence-corrected chi connectivity index (χ2v) is 5.62. The Balaban J connectivity index is 1.86. The predicted octanol–water partition coefficient (Wildman–Crippen LogP) is 3.66. The Morgan fingerprint density at radius 1 is 1.22 bits per heavy atom. The van der Waals surface area contributed by atoms with E-state index in [0.29, 0.717) is 11.1 Å². The number of anilines is 1. The van der Waals surface area contributed by atoms with Gasteiger partial charge in [0.15, 0.2) is 0 Å². The lowest BCUT2D eigenvalue weighted by Crippen LogP contribution is -2.12. The van der Waals surface area contributed by atoms with Crippen LogP contribution < -0.4 is 5.32 Å². The second kappa shape index (κ2) is 6.97. The summed E-state index contributed by atoms with van der Waals surface area (Å²) in [6, 6.07) is 15.2. The van der Waals surface area contributed by atoms with E-state index in [1.807, 2.05) is 36.4 Å². The summed E-state index contributed by atoms with van der Waals surface area (Å²) in [5, 5.41) is 12.5. The maximum absolute atomic E-state index is 12.5. The van der Waals surface area contributed by atoms with Gasteiger partial charge in [-0.2, -0.15) is 5.26 Å². The van der Waals surface area contributed by atoms with Gasteiger partial charge in [-0.25, -0.2) is 4.79 Å². The molecule has 0 atom stereocenters. The van der Waals surface area contributed by atoms with Gasteiger partial charge in [-0.3, -0.25) is 0 Å². The average Bonchev–Trinajstić information content (AvgIpc) is 2.85. The van der Waals surface area contributed by atoms with Gasteiger partial charge >= 0.3 is 5.97 Å². The summed E-state index contributed by atoms with van der Waals surface area (Å²) in [5.74, 6) is -0.392. The number of nitrogens with zero attached hydrogens (tertiary/aromatic N) is 1. The third-order valence-corrected chi connectivity index (χ3v) is 3.96. The van der Waals surface area contributed by atoms with Crippen LogP contribution in [0.3, 0.4) is 0 Å². The predicted molar refractivity (Wildman–Crippen MR) is 88.1 cm³/mol. The van der Waals surface area contributed by atoms with Crippen molar-refractivity contribution in [3.8, 4) is 6.07 Å². The van der Waals surface area contributed by atoms with Crippen molar-refractivity contribution in [2.24, 2.45) is 0 Å². The molecule has 23 heavy (non-hydrogen) atoms. The molecule has 2 aromatic rings. The zero-order valence-electron chi connectivity index (χ0n) is 12.8. The van der Waals surface area contributed by atoms with Gasteiger partial charge in [-0.15, -0.1) is 0 Å². The molecule has 2 aromatic carbocycles. The third kappa shape index (κ3) is 3.51. The first-order valence-electron chi connectivity index (χ1n) is 7.80. The normalized spacial score (nSPS) is 13.2. The Morgan fingerprint density at radius 2 is 2.04 bits per heavy atom. The highest BCUT2D eigenvalue weighted by molar-refractivity contribution is 5.97. The molecule has 0 bridgehead atoms. The molecule has 0 spiro atoms. The summed E-state index contributed by atoms with van der Waals surface area (Å²) in [7, 11) is 0. The number of nitrogens with one attached hydrogen (secondary N) is 1. The molecule has 1 N–H and O–H groups in total. The van der Waals surface area contributed by atoms with Crippen LogP contribution in [0.1, 0.15) is 39.9 Å². The van der Waals surface area contributed by atoms with Crippen molar-refractivity contribution < 1.29 is 9.53 Å². The summed E-state index contributed by atoms with van der Waals surface area (Å²) in [6.07, 6.45) is 2.97. The third-order valence-electron chi connectivity index (χ3n) is 3.96. The van der Waals surface area contributed by atoms with Gasteiger partial charge in [0, 0.05) is 6.54 Å². The number of carbonyl (C=O) groups excluding carboxylic acids is 1. The van der Waals surface area contributed by atoms with E-state index in [2.05, 4.69) is 11.4 Å². The standard InChI is InChI=1S/C19H18N2O2/c20-12-15-10-16-8-4-5-9-21-18(16)17(11-15)19(22)23-13-14-6-2-1-3-7-14/h1-3,6-7,10-11,21H,4-5,8-9,13H2. The Labute approximate surface area is 135 Å². The van der Waals surface area contributed by atoms with Crippen LogP contribution in [0.2, 0.25) is 0 Å². The molecule has 1 aliphatic rings. The quantitative estimate of drug-likeness (QED) is 0.879. The molecule has 0 radical (unpaired) electrons. The Hall–Kier alpha value is -2.80. The molecule has 4 nitrogen and oxygen atoms in total. The molecule has 0 saturated carbocycles. The van der Waals surface area contributed by atoms with Crippen LogP contribution in [-0.4, -0.2) is 12.5 Å². The van der Waals surface area contributed by atoms with Crippen molar-refractivity contribution in [2.75, 3.05) is 11.9 Å². The Bertz CT molecular complexity index is 748. The van der Waals surface area contributed by atoms with Crippen LogP contribution >= 0.6 is 0 Å². The number of hydrogen-bond acceptors (Lipinski definition) is 4. The van der Waals surface area contributed by atoms with Crippen LogP contribution in [0.25, 0.3) is 0 Å². The highest BCUT2D eigenvalue weighted by atomic mass is 16.5. The van der Waals surface area contributed by atoms with E-state index in [1.165, 1.54) is 0 Å². The number of fused-ring (bicyclic) bond motifs is 1. The highest BCUT2D eigenvalue weighted by Gasteiger charge is 2.19. The number of rotatable bonds is 3. The summed E-state index contributed by atoms with van der Waals surface area (Å²) in [4.78, 5) is 12.5. The lowest BCUT2D eigenvalue weighted by molar-refractivity contribution is 0.0473. The molecule has 0 fully saturated rings. The van der Waals surface area contributed by atoms with Gasteiger partial charge < -0.3 is 10.1 Å². The van der Waals surface area contributed by atoms with Crippen molar-refractivity contribution >= 4 is 11.7 Å². The summed E-state index contributed by atoms with van der Waals surface area (Å²) in [6.45, 7) is 1.06. The number of aryl methyl sites for hydroxylation is 1. The van der Waals surface area contributed by atoms with Gasteiger partial charge in [-0.05, 0) is 42.5 Å². The van der Waals surface area contributed by atoms with E-state index < -0.39 is 5.97 Å². The van der Waals surface area contributed by atoms with E-state index >= 15 is 0 Å². The number of carbonyl (C=O) groups is 1. The second-order valence-electron chi connectivity index (χ2n) is 5.62. The fraction of sp³-hybridized carbons (Fsp3) is 0.263. The molecule has 116 valence electrons. The highest BCUT2D eigenvalue weighted by Crippen LogP contribution is 2.28. The maximum atomic E-state index is 12.5. The molecule has 0 aromatic heterocycles. The Kier molecular flexibility index (Phi) is 4.58. The number of nitriles is 1. The van der Waals surface area contributed by atoms with E-state index in [0.717, 1.165) is 42.6 Å². The summed E-state index contributed by atoms with van der Waals surface area (Å²) >= 11 is 0. The van der Waals surface area contributed by atoms with Crippen molar-refractivity contribution in [3.63, 3.8) is 0 Å². The number of esters is 1. The minimum absolute atomic E-state index is 0.227. The van der Waals surface area contributed by atoms with Gasteiger partial charge in [0.1, 0.15) is 6.61 Å². The molecule has 1 heterocycles. The van der Waals surface area contributed by atoms with E-state index in [1.54, 1.807) is 6.07 Å². The fourth-order valence-corrected chi connectivity index (χ4v) is 2.79. The summed E-state index contributed by atoms with van der Waals surface area (Å²) < 4.78 is 5.43. The lowest BCUT2D eigenvalue weighted by Gasteiger charge is -2.14. The number of hydrogen-bond donors (Lipinski definition) is 1. The maximum Gasteiger partial charge on any atom is 0.340 e. The SMILES string of the molecule is N#Cc1cc2c(c(C(=O)OCc3ccccc3)c1)NCCCC2. The molecule has 3 rings (SSSR count). The van der Waals surface area contributed by atoms with E-state index in [4.69, 9.17) is 4.74 Å². The van der Waals surface area contributed by atoms with Crippen molar-refractivity contribution in [1.29, 1.82) is 5.26 Å². The topological polar surface area (TPSA) is 62.1 Å². The van der Waals surface area contributed by atoms with Crippen molar-refractivity contribution in [1.82, 2.24) is 0 Å². The van der Waals surface area contributed by atoms with Crippen LogP contribution in [0.15, 0.2) is 42.5 Å². The largest absolute Gasteiger partial charge is 0.457 e. The van der Waals surface area contributed by atoms with Crippen LogP contribution in [0, 0.1) is 11.3 Å². The van der Waals surface area contributed by atoms with Crippen LogP contribution in [0.5, 0.6) is 0 Å². The minimum Gasteiger partial charge on any atom is -0.457 e. The van der Waals surface area contributed by atoms with Crippen molar-refractivity contribution in [3.05, 3.63) is 64.7 Å². The van der Waals surface area contributed by atoms with Crippen LogP contribution in [-0.2, 0) is 17.8 Å². The van der Waals surface area contributed by atoms with Crippen molar-refractivity contribution in [2.45, 2.75) is 25.9 Å². The first-order chi connectivity index (χ1) is 11.3. The average molecular weight is 306 g/mol. The molecular formula is C19H18N2O2. The molecular weight excluding hydrogens is 288 g/mol. The van der Waals surface area contributed by atoms with E-state index in [-0.39, 0.29) is 6.61 Å². The zero-order chi connectivity index (χ0) is 16.1. The molecule has 0 unspecified atom stereocenters. The van der Waals surface area contributed by atoms with E-state index in [9.17, 15) is 10.1 Å². The molecule has 4 heteroatoms. The fourth-order valence-electron chi connectivity index (χ4n) is 2.79. The minimum atomic E-state index is -0.392. The number of benzene rings is 2. The first-order valence-corrected chi connectivity index (χ1v) is 7.80.